The van der Waals surface area contributed by atoms with Crippen LogP contribution in [0.4, 0.5) is 4.79 Å². The largest absolute Gasteiger partial charge is 0.497 e. The van der Waals surface area contributed by atoms with Crippen LogP contribution < -0.4 is 4.74 Å². The average Bonchev–Trinajstić information content (AvgIpc) is 3.58. The molecule has 9 rings (SSSR count). The van der Waals surface area contributed by atoms with E-state index in [2.05, 4.69) is 6.58 Å². The molecular formula is C42H51NO11. The fraction of sp³-hybridized carbons (Fsp3) is 0.595. The minimum Gasteiger partial charge on any atom is -0.497 e. The fourth-order valence-corrected chi connectivity index (χ4v) is 11.5. The van der Waals surface area contributed by atoms with Crippen LogP contribution in [0.1, 0.15) is 83.7 Å². The molecule has 12 heteroatoms. The summed E-state index contributed by atoms with van der Waals surface area (Å²) in [7, 11) is 1.54. The third-order valence-electron chi connectivity index (χ3n) is 13.6. The Morgan fingerprint density at radius 3 is 2.31 bits per heavy atom. The Hall–Kier alpha value is -3.81. The van der Waals surface area contributed by atoms with Crippen LogP contribution in [-0.4, -0.2) is 87.6 Å². The smallest absolute Gasteiger partial charge is 0.413 e. The Morgan fingerprint density at radius 2 is 1.67 bits per heavy atom. The molecule has 3 aliphatic heterocycles. The van der Waals surface area contributed by atoms with Gasteiger partial charge in [0.2, 0.25) is 5.79 Å². The lowest BCUT2D eigenvalue weighted by Gasteiger charge is -2.74. The van der Waals surface area contributed by atoms with Crippen molar-refractivity contribution in [3.63, 3.8) is 0 Å². The molecule has 7 aliphatic rings. The normalized spacial score (nSPS) is 40.5. The number of methoxy groups -OCH3 is 1. The molecule has 3 saturated heterocycles. The Bertz CT molecular complexity index is 1860. The second kappa shape index (κ2) is 12.3. The number of carbonyl (C=O) groups is 3. The number of amides is 1. The number of ether oxygens (including phenoxy) is 5. The van der Waals surface area contributed by atoms with Crippen LogP contribution in [0, 0.1) is 34.0 Å². The van der Waals surface area contributed by atoms with E-state index in [9.17, 15) is 29.7 Å². The lowest BCUT2D eigenvalue weighted by Crippen LogP contribution is -2.85. The van der Waals surface area contributed by atoms with Gasteiger partial charge in [-0.1, -0.05) is 62.9 Å². The van der Waals surface area contributed by atoms with Gasteiger partial charge in [-0.05, 0) is 81.1 Å². The van der Waals surface area contributed by atoms with Gasteiger partial charge in [-0.2, -0.15) is 0 Å². The third kappa shape index (κ3) is 4.89. The monoisotopic (exact) mass is 745 g/mol. The molecule has 54 heavy (non-hydrogen) atoms. The SMILES string of the molecule is C=C1C(=O)[C@]23[C@H](OC(=O)[C@@H]4OC(c5ccc(OC)cc5)N(C(=O)OC(C)(C)C)[C@H]4c4ccccc4)[C@H]1CC[C@H]2[C@@]12CO[C@]3(O)[C@@H](O)[C@@H]1C(C)(C)CC[C@@H]2O. The van der Waals surface area contributed by atoms with Crippen molar-refractivity contribution in [2.75, 3.05) is 13.7 Å². The number of ketones is 1. The number of hydrogen-bond acceptors (Lipinski definition) is 11. The maximum absolute atomic E-state index is 15.0. The van der Waals surface area contributed by atoms with Gasteiger partial charge in [0.05, 0.1) is 19.8 Å². The van der Waals surface area contributed by atoms with Crippen molar-refractivity contribution in [2.24, 2.45) is 34.0 Å². The van der Waals surface area contributed by atoms with E-state index in [0.29, 0.717) is 42.6 Å². The summed E-state index contributed by atoms with van der Waals surface area (Å²) >= 11 is 0. The summed E-state index contributed by atoms with van der Waals surface area (Å²) in [6.45, 7) is 13.4. The molecule has 2 aromatic carbocycles. The molecule has 290 valence electrons. The van der Waals surface area contributed by atoms with Crippen LogP contribution in [0.25, 0.3) is 0 Å². The molecule has 3 N–H and O–H groups in total. The second-order valence-corrected chi connectivity index (χ2v) is 17.8. The molecule has 4 saturated carbocycles. The summed E-state index contributed by atoms with van der Waals surface area (Å²) < 4.78 is 30.6. The number of aliphatic hydroxyl groups excluding tert-OH is 2. The maximum atomic E-state index is 15.0. The molecule has 3 heterocycles. The number of nitrogens with zero attached hydrogens (tertiary/aromatic N) is 1. The molecule has 1 unspecified atom stereocenters. The number of carbonyl (C=O) groups excluding carboxylic acids is 3. The van der Waals surface area contributed by atoms with E-state index in [-0.39, 0.29) is 12.2 Å². The van der Waals surface area contributed by atoms with Gasteiger partial charge in [-0.15, -0.1) is 0 Å². The first kappa shape index (κ1) is 37.1. The number of fused-ring (bicyclic) bond motifs is 2. The standard InChI is InChI=1S/C42H51NO11/c1-22-26-17-18-27-40-21-51-42(49,33(46)31(40)39(5,6)20-19-28(40)44)41(27,32(22)45)34(26)53-36(47)30-29(23-11-9-8-10-12-23)43(37(48)54-38(2,3)4)35(52-30)24-13-15-25(50-7)16-14-24/h8-16,26-31,33-35,44,46,49H,1,17-21H2,2-7H3/t26-,27-,28-,29-,30+,31+,33-,34+,35?,40+,41-,42+/m0/s1. The third-order valence-corrected chi connectivity index (χ3v) is 13.6. The first-order valence-electron chi connectivity index (χ1n) is 19.0. The zero-order valence-corrected chi connectivity index (χ0v) is 31.7. The van der Waals surface area contributed by atoms with Crippen molar-refractivity contribution in [2.45, 2.75) is 108 Å². The predicted octanol–water partition coefficient (Wildman–Crippen LogP) is 5.01. The molecule has 12 atom stereocenters. The number of aliphatic hydroxyl groups is 3. The first-order chi connectivity index (χ1) is 25.4. The van der Waals surface area contributed by atoms with E-state index in [4.69, 9.17) is 23.7 Å². The van der Waals surface area contributed by atoms with Crippen molar-refractivity contribution in [3.8, 4) is 5.75 Å². The molecular weight excluding hydrogens is 694 g/mol. The molecule has 2 spiro atoms. The Morgan fingerprint density at radius 1 is 0.981 bits per heavy atom. The van der Waals surface area contributed by atoms with Gasteiger partial charge in [0.15, 0.2) is 18.1 Å². The number of esters is 1. The highest BCUT2D eigenvalue weighted by molar-refractivity contribution is 6.05. The molecule has 4 bridgehead atoms. The zero-order valence-electron chi connectivity index (χ0n) is 31.7. The summed E-state index contributed by atoms with van der Waals surface area (Å²) in [5, 5.41) is 36.8. The highest BCUT2D eigenvalue weighted by Gasteiger charge is 2.87. The maximum Gasteiger partial charge on any atom is 0.413 e. The Labute approximate surface area is 315 Å². The quantitative estimate of drug-likeness (QED) is 0.279. The van der Waals surface area contributed by atoms with E-state index < -0.39 is 99.9 Å². The summed E-state index contributed by atoms with van der Waals surface area (Å²) in [5.74, 6) is -5.21. The van der Waals surface area contributed by atoms with Crippen LogP contribution in [0.5, 0.6) is 5.75 Å². The molecule has 0 radical (unpaired) electrons. The van der Waals surface area contributed by atoms with Crippen LogP contribution in [0.2, 0.25) is 0 Å². The van der Waals surface area contributed by atoms with Gasteiger partial charge in [0.25, 0.3) is 0 Å². The minimum atomic E-state index is -2.43. The van der Waals surface area contributed by atoms with Crippen molar-refractivity contribution >= 4 is 17.8 Å². The zero-order chi connectivity index (χ0) is 38.7. The number of Topliss-reactive ketones (excluding diaryl/α,β-unsaturated/α-hetero) is 1. The van der Waals surface area contributed by atoms with Crippen molar-refractivity contribution in [3.05, 3.63) is 77.9 Å². The molecule has 4 aliphatic carbocycles. The molecule has 1 amide bonds. The van der Waals surface area contributed by atoms with E-state index in [1.54, 1.807) is 76.4 Å². The van der Waals surface area contributed by atoms with E-state index in [1.165, 1.54) is 4.90 Å². The van der Waals surface area contributed by atoms with Crippen LogP contribution in [0.3, 0.4) is 0 Å². The lowest BCUT2D eigenvalue weighted by molar-refractivity contribution is -0.458. The van der Waals surface area contributed by atoms with Crippen LogP contribution >= 0.6 is 0 Å². The second-order valence-electron chi connectivity index (χ2n) is 17.8. The number of rotatable bonds is 5. The summed E-state index contributed by atoms with van der Waals surface area (Å²) in [5.41, 5.74) is -3.11. The van der Waals surface area contributed by atoms with Gasteiger partial charge < -0.3 is 39.0 Å². The van der Waals surface area contributed by atoms with E-state index >= 15 is 0 Å². The first-order valence-corrected chi connectivity index (χ1v) is 19.0. The van der Waals surface area contributed by atoms with Crippen molar-refractivity contribution in [1.29, 1.82) is 0 Å². The summed E-state index contributed by atoms with van der Waals surface area (Å²) in [6, 6.07) is 14.9. The topological polar surface area (TPSA) is 161 Å². The van der Waals surface area contributed by atoms with Gasteiger partial charge in [-0.3, -0.25) is 9.69 Å². The van der Waals surface area contributed by atoms with Crippen LogP contribution in [-0.2, 0) is 28.5 Å². The van der Waals surface area contributed by atoms with Gasteiger partial charge in [0, 0.05) is 22.8 Å². The average molecular weight is 746 g/mol. The Balaban J connectivity index is 1.23. The predicted molar refractivity (Wildman–Crippen MR) is 192 cm³/mol. The highest BCUT2D eigenvalue weighted by atomic mass is 16.7. The van der Waals surface area contributed by atoms with E-state index in [1.807, 2.05) is 19.9 Å². The van der Waals surface area contributed by atoms with Crippen molar-refractivity contribution < 1.29 is 53.4 Å². The summed E-state index contributed by atoms with van der Waals surface area (Å²) in [6.07, 6.45) is -5.15. The molecule has 12 nitrogen and oxygen atoms in total. The lowest BCUT2D eigenvalue weighted by atomic mass is 9.35. The molecule has 0 aromatic heterocycles. The highest BCUT2D eigenvalue weighted by Crippen LogP contribution is 2.77. The van der Waals surface area contributed by atoms with Crippen LogP contribution in [0.15, 0.2) is 66.7 Å². The van der Waals surface area contributed by atoms with Gasteiger partial charge in [0.1, 0.15) is 35.0 Å². The Kier molecular flexibility index (Phi) is 8.49. The van der Waals surface area contributed by atoms with Crippen molar-refractivity contribution in [1.82, 2.24) is 4.90 Å². The number of benzene rings is 2. The number of hydrogen-bond donors (Lipinski definition) is 3. The molecule has 2 aromatic rings. The molecule has 7 fully saturated rings. The summed E-state index contributed by atoms with van der Waals surface area (Å²) in [4.78, 5) is 45.3. The fourth-order valence-electron chi connectivity index (χ4n) is 11.5. The minimum absolute atomic E-state index is 0.0520. The van der Waals surface area contributed by atoms with Gasteiger partial charge in [-0.25, -0.2) is 9.59 Å². The van der Waals surface area contributed by atoms with E-state index in [0.717, 1.165) is 0 Å². The van der Waals surface area contributed by atoms with Gasteiger partial charge >= 0.3 is 12.1 Å².